The van der Waals surface area contributed by atoms with Crippen molar-refractivity contribution < 1.29 is 4.74 Å². The molecular formula is C14H30N2O. The third kappa shape index (κ3) is 4.94. The van der Waals surface area contributed by atoms with Crippen molar-refractivity contribution in [3.05, 3.63) is 0 Å². The predicted molar refractivity (Wildman–Crippen MR) is 73.2 cm³/mol. The molecule has 0 spiro atoms. The van der Waals surface area contributed by atoms with E-state index in [1.807, 2.05) is 0 Å². The summed E-state index contributed by atoms with van der Waals surface area (Å²) in [6.45, 7) is 8.86. The summed E-state index contributed by atoms with van der Waals surface area (Å²) in [4.78, 5) is 2.60. The molecule has 0 saturated heterocycles. The summed E-state index contributed by atoms with van der Waals surface area (Å²) in [6, 6.07) is 1.19. The van der Waals surface area contributed by atoms with Gasteiger partial charge in [-0.05, 0) is 52.5 Å². The molecule has 0 radical (unpaired) electrons. The van der Waals surface area contributed by atoms with Gasteiger partial charge in [-0.3, -0.25) is 0 Å². The zero-order valence-corrected chi connectivity index (χ0v) is 12.0. The number of ether oxygens (including phenoxy) is 1. The van der Waals surface area contributed by atoms with Gasteiger partial charge in [-0.15, -0.1) is 0 Å². The molecule has 0 amide bonds. The van der Waals surface area contributed by atoms with Crippen LogP contribution in [0.4, 0.5) is 0 Å². The Morgan fingerprint density at radius 1 is 1.24 bits per heavy atom. The third-order valence-corrected chi connectivity index (χ3v) is 4.22. The molecule has 1 rings (SSSR count). The van der Waals surface area contributed by atoms with E-state index in [1.54, 1.807) is 7.11 Å². The summed E-state index contributed by atoms with van der Waals surface area (Å²) in [6.07, 6.45) is 6.01. The second-order valence-corrected chi connectivity index (χ2v) is 5.91. The largest absolute Gasteiger partial charge is 0.379 e. The summed E-state index contributed by atoms with van der Waals surface area (Å²) in [5.41, 5.74) is 5.96. The normalized spacial score (nSPS) is 26.5. The lowest BCUT2D eigenvalue weighted by molar-refractivity contribution is 0.00246. The summed E-state index contributed by atoms with van der Waals surface area (Å²) < 4.78 is 5.49. The Morgan fingerprint density at radius 3 is 2.29 bits per heavy atom. The molecule has 1 aliphatic rings. The van der Waals surface area contributed by atoms with Gasteiger partial charge in [0.15, 0.2) is 0 Å². The van der Waals surface area contributed by atoms with E-state index in [1.165, 1.54) is 25.7 Å². The van der Waals surface area contributed by atoms with Gasteiger partial charge in [0, 0.05) is 25.7 Å². The number of hydrogen-bond acceptors (Lipinski definition) is 3. The highest BCUT2D eigenvalue weighted by atomic mass is 16.5. The zero-order chi connectivity index (χ0) is 12.9. The van der Waals surface area contributed by atoms with Gasteiger partial charge >= 0.3 is 0 Å². The van der Waals surface area contributed by atoms with Crippen molar-refractivity contribution in [2.24, 2.45) is 5.73 Å². The van der Waals surface area contributed by atoms with E-state index in [0.717, 1.165) is 25.6 Å². The number of nitrogens with two attached hydrogens (primary N) is 1. The number of rotatable bonds is 6. The Kier molecular flexibility index (Phi) is 5.90. The fourth-order valence-electron chi connectivity index (χ4n) is 2.58. The summed E-state index contributed by atoms with van der Waals surface area (Å²) in [5, 5.41) is 0. The Hall–Kier alpha value is -0.120. The Labute approximate surface area is 107 Å². The maximum atomic E-state index is 5.96. The first-order valence-electron chi connectivity index (χ1n) is 7.03. The molecule has 1 aliphatic carbocycles. The van der Waals surface area contributed by atoms with Gasteiger partial charge in [-0.2, -0.15) is 0 Å². The van der Waals surface area contributed by atoms with Crippen molar-refractivity contribution >= 4 is 0 Å². The first kappa shape index (κ1) is 14.9. The smallest absolute Gasteiger partial charge is 0.0634 e. The molecule has 0 unspecified atom stereocenters. The minimum absolute atomic E-state index is 0.00150. The fraction of sp³-hybridized carbons (Fsp3) is 1.00. The lowest BCUT2D eigenvalue weighted by Crippen LogP contribution is -2.43. The quantitative estimate of drug-likeness (QED) is 0.777. The topological polar surface area (TPSA) is 38.5 Å². The minimum Gasteiger partial charge on any atom is -0.379 e. The number of nitrogens with zero attached hydrogens (tertiary/aromatic N) is 1. The molecule has 0 bridgehead atoms. The van der Waals surface area contributed by atoms with Crippen LogP contribution in [0.3, 0.4) is 0 Å². The lowest BCUT2D eigenvalue weighted by atomic mass is 9.90. The molecule has 1 saturated carbocycles. The Morgan fingerprint density at radius 2 is 1.82 bits per heavy atom. The maximum Gasteiger partial charge on any atom is 0.0634 e. The fourth-order valence-corrected chi connectivity index (χ4v) is 2.58. The first-order valence-corrected chi connectivity index (χ1v) is 7.03. The van der Waals surface area contributed by atoms with Crippen molar-refractivity contribution in [2.45, 2.75) is 70.6 Å². The molecule has 0 aliphatic heterocycles. The van der Waals surface area contributed by atoms with E-state index in [0.29, 0.717) is 6.04 Å². The van der Waals surface area contributed by atoms with Crippen LogP contribution in [0.25, 0.3) is 0 Å². The van der Waals surface area contributed by atoms with Crippen LogP contribution in [0, 0.1) is 0 Å². The van der Waals surface area contributed by atoms with Gasteiger partial charge in [-0.1, -0.05) is 6.92 Å². The van der Waals surface area contributed by atoms with E-state index >= 15 is 0 Å². The summed E-state index contributed by atoms with van der Waals surface area (Å²) in [7, 11) is 1.80. The van der Waals surface area contributed by atoms with Crippen LogP contribution in [0.1, 0.15) is 52.9 Å². The number of methoxy groups -OCH3 is 1. The minimum atomic E-state index is -0.00150. The predicted octanol–water partition coefficient (Wildman–Crippen LogP) is 2.39. The molecule has 3 heteroatoms. The molecule has 2 N–H and O–H groups in total. The van der Waals surface area contributed by atoms with Gasteiger partial charge in [0.1, 0.15) is 0 Å². The van der Waals surface area contributed by atoms with E-state index < -0.39 is 0 Å². The lowest BCUT2D eigenvalue weighted by Gasteiger charge is -2.37. The molecule has 1 fully saturated rings. The van der Waals surface area contributed by atoms with Gasteiger partial charge in [0.2, 0.25) is 0 Å². The molecule has 102 valence electrons. The highest BCUT2D eigenvalue weighted by Crippen LogP contribution is 2.23. The van der Waals surface area contributed by atoms with Crippen LogP contribution in [0.5, 0.6) is 0 Å². The maximum absolute atomic E-state index is 5.96. The molecule has 0 aromatic rings. The van der Waals surface area contributed by atoms with Crippen LogP contribution < -0.4 is 5.73 Å². The van der Waals surface area contributed by atoms with Crippen LogP contribution in [0.15, 0.2) is 0 Å². The van der Waals surface area contributed by atoms with Crippen LogP contribution >= 0.6 is 0 Å². The van der Waals surface area contributed by atoms with Gasteiger partial charge in [0.05, 0.1) is 5.60 Å². The van der Waals surface area contributed by atoms with Gasteiger partial charge in [0.25, 0.3) is 0 Å². The molecule has 0 atom stereocenters. The van der Waals surface area contributed by atoms with Crippen molar-refractivity contribution in [3.8, 4) is 0 Å². The molecule has 17 heavy (non-hydrogen) atoms. The van der Waals surface area contributed by atoms with E-state index in [9.17, 15) is 0 Å². The molecule has 0 aromatic carbocycles. The average molecular weight is 242 g/mol. The third-order valence-electron chi connectivity index (χ3n) is 4.22. The van der Waals surface area contributed by atoms with Crippen molar-refractivity contribution in [1.29, 1.82) is 0 Å². The van der Waals surface area contributed by atoms with E-state index in [2.05, 4.69) is 25.7 Å². The Balaban J connectivity index is 2.38. The van der Waals surface area contributed by atoms with E-state index in [-0.39, 0.29) is 5.60 Å². The highest BCUT2D eigenvalue weighted by Gasteiger charge is 2.25. The second kappa shape index (κ2) is 6.72. The average Bonchev–Trinajstić information content (AvgIpc) is 2.32. The second-order valence-electron chi connectivity index (χ2n) is 5.91. The van der Waals surface area contributed by atoms with Gasteiger partial charge in [-0.25, -0.2) is 0 Å². The summed E-state index contributed by atoms with van der Waals surface area (Å²) in [5.74, 6) is 0. The van der Waals surface area contributed by atoms with Crippen molar-refractivity contribution in [3.63, 3.8) is 0 Å². The molecular weight excluding hydrogens is 212 g/mol. The van der Waals surface area contributed by atoms with Crippen molar-refractivity contribution in [1.82, 2.24) is 4.90 Å². The van der Waals surface area contributed by atoms with Crippen molar-refractivity contribution in [2.75, 3.05) is 20.2 Å². The van der Waals surface area contributed by atoms with Crippen LogP contribution in [0.2, 0.25) is 0 Å². The number of hydrogen-bond donors (Lipinski definition) is 1. The summed E-state index contributed by atoms with van der Waals surface area (Å²) >= 11 is 0. The zero-order valence-electron chi connectivity index (χ0n) is 12.0. The molecule has 3 nitrogen and oxygen atoms in total. The van der Waals surface area contributed by atoms with Gasteiger partial charge < -0.3 is 15.4 Å². The SMILES string of the molecule is CCN(CCC(C)(C)OC)C1CCC(N)CC1. The van der Waals surface area contributed by atoms with E-state index in [4.69, 9.17) is 10.5 Å². The molecule has 0 aromatic heterocycles. The molecule has 0 heterocycles. The van der Waals surface area contributed by atoms with Crippen LogP contribution in [-0.4, -0.2) is 42.8 Å². The standard InChI is InChI=1S/C14H30N2O/c1-5-16(11-10-14(2,3)17-4)13-8-6-12(15)7-9-13/h12-13H,5-11,15H2,1-4H3. The highest BCUT2D eigenvalue weighted by molar-refractivity contribution is 4.82. The van der Waals surface area contributed by atoms with Crippen LogP contribution in [-0.2, 0) is 4.74 Å². The monoisotopic (exact) mass is 242 g/mol. The Bertz CT molecular complexity index is 210. The first-order chi connectivity index (χ1) is 7.98.